The van der Waals surface area contributed by atoms with E-state index in [-0.39, 0.29) is 6.04 Å². The summed E-state index contributed by atoms with van der Waals surface area (Å²) in [5.41, 5.74) is 2.63. The first-order valence-corrected chi connectivity index (χ1v) is 8.49. The molecule has 0 radical (unpaired) electrons. The summed E-state index contributed by atoms with van der Waals surface area (Å²) in [5, 5.41) is 5.31. The van der Waals surface area contributed by atoms with E-state index in [0.717, 1.165) is 11.3 Å². The smallest absolute Gasteiger partial charge is 0.339 e. The summed E-state index contributed by atoms with van der Waals surface area (Å²) < 4.78 is 5.13. The maximum atomic E-state index is 12.6. The molecule has 0 aliphatic heterocycles. The molecule has 0 atom stereocenters. The highest BCUT2D eigenvalue weighted by atomic mass is 16.5. The van der Waals surface area contributed by atoms with E-state index in [0.29, 0.717) is 22.9 Å². The largest absolute Gasteiger partial charge is 0.452 e. The van der Waals surface area contributed by atoms with Gasteiger partial charge in [-0.3, -0.25) is 15.1 Å². The number of ether oxygens (including phenoxy) is 1. The van der Waals surface area contributed by atoms with Crippen molar-refractivity contribution in [3.05, 3.63) is 41.1 Å². The van der Waals surface area contributed by atoms with E-state index >= 15 is 0 Å². The summed E-state index contributed by atoms with van der Waals surface area (Å²) in [5.74, 6) is -1.31. The van der Waals surface area contributed by atoms with Gasteiger partial charge in [-0.2, -0.15) is 0 Å². The number of aryl methyl sites for hydroxylation is 1. The molecule has 0 aliphatic carbocycles. The molecule has 0 saturated carbocycles. The fourth-order valence-electron chi connectivity index (χ4n) is 2.63. The highest BCUT2D eigenvalue weighted by molar-refractivity contribution is 6.05. The lowest BCUT2D eigenvalue weighted by Crippen LogP contribution is -2.44. The van der Waals surface area contributed by atoms with E-state index in [1.165, 1.54) is 0 Å². The number of aromatic nitrogens is 1. The molecule has 0 unspecified atom stereocenters. The molecule has 2 rings (SSSR count). The SMILES string of the molecule is CCc1nc2ccccc2c(C(=O)OCC(=O)NC(=O)NC(C)C)c1C. The molecule has 0 saturated heterocycles. The fraction of sp³-hybridized carbons (Fsp3) is 0.368. The number of nitrogens with zero attached hydrogens (tertiary/aromatic N) is 1. The van der Waals surface area contributed by atoms with E-state index in [2.05, 4.69) is 15.6 Å². The molecule has 1 aromatic heterocycles. The predicted octanol–water partition coefficient (Wildman–Crippen LogP) is 2.50. The lowest BCUT2D eigenvalue weighted by molar-refractivity contribution is -0.123. The Morgan fingerprint density at radius 1 is 1.19 bits per heavy atom. The molecule has 2 aromatic rings. The van der Waals surface area contributed by atoms with Crippen LogP contribution in [0.15, 0.2) is 24.3 Å². The van der Waals surface area contributed by atoms with Crippen LogP contribution in [0, 0.1) is 6.92 Å². The quantitative estimate of drug-likeness (QED) is 0.801. The van der Waals surface area contributed by atoms with Gasteiger partial charge >= 0.3 is 12.0 Å². The van der Waals surface area contributed by atoms with Crippen molar-refractivity contribution in [1.82, 2.24) is 15.6 Å². The zero-order valence-corrected chi connectivity index (χ0v) is 15.4. The fourth-order valence-corrected chi connectivity index (χ4v) is 2.63. The van der Waals surface area contributed by atoms with Crippen LogP contribution in [0.4, 0.5) is 4.79 Å². The van der Waals surface area contributed by atoms with Gasteiger partial charge in [0.05, 0.1) is 11.1 Å². The number of rotatable bonds is 5. The van der Waals surface area contributed by atoms with Crippen LogP contribution in [0.1, 0.15) is 42.4 Å². The van der Waals surface area contributed by atoms with E-state index in [1.54, 1.807) is 19.9 Å². The Morgan fingerprint density at radius 2 is 1.88 bits per heavy atom. The third-order valence-electron chi connectivity index (χ3n) is 3.78. The molecule has 1 heterocycles. The third kappa shape index (κ3) is 4.56. The average Bonchev–Trinajstić information content (AvgIpc) is 2.58. The molecule has 3 amide bonds. The van der Waals surface area contributed by atoms with Crippen LogP contribution in [0.25, 0.3) is 10.9 Å². The minimum Gasteiger partial charge on any atom is -0.452 e. The number of benzene rings is 1. The van der Waals surface area contributed by atoms with Crippen molar-refractivity contribution in [3.63, 3.8) is 0 Å². The molecular weight excluding hydrogens is 334 g/mol. The molecule has 2 N–H and O–H groups in total. The maximum absolute atomic E-state index is 12.6. The van der Waals surface area contributed by atoms with Crippen molar-refractivity contribution < 1.29 is 19.1 Å². The molecule has 1 aromatic carbocycles. The molecule has 0 fully saturated rings. The second-order valence-corrected chi connectivity index (χ2v) is 6.18. The van der Waals surface area contributed by atoms with Gasteiger partial charge in [0.2, 0.25) is 0 Å². The van der Waals surface area contributed by atoms with Crippen LogP contribution >= 0.6 is 0 Å². The van der Waals surface area contributed by atoms with Crippen molar-refractivity contribution in [2.24, 2.45) is 0 Å². The predicted molar refractivity (Wildman–Crippen MR) is 98.0 cm³/mol. The molecule has 7 heteroatoms. The number of imide groups is 1. The van der Waals surface area contributed by atoms with E-state index in [4.69, 9.17) is 4.74 Å². The van der Waals surface area contributed by atoms with Crippen molar-refractivity contribution in [2.75, 3.05) is 6.61 Å². The van der Waals surface area contributed by atoms with Crippen molar-refractivity contribution >= 4 is 28.8 Å². The first-order chi connectivity index (χ1) is 12.3. The number of fused-ring (bicyclic) bond motifs is 1. The summed E-state index contributed by atoms with van der Waals surface area (Å²) in [4.78, 5) is 40.4. The third-order valence-corrected chi connectivity index (χ3v) is 3.78. The molecular formula is C19H23N3O4. The second-order valence-electron chi connectivity index (χ2n) is 6.18. The molecule has 7 nitrogen and oxygen atoms in total. The Kier molecular flexibility index (Phi) is 6.27. The summed E-state index contributed by atoms with van der Waals surface area (Å²) >= 11 is 0. The lowest BCUT2D eigenvalue weighted by Gasteiger charge is -2.13. The topological polar surface area (TPSA) is 97.4 Å². The zero-order valence-electron chi connectivity index (χ0n) is 15.4. The van der Waals surface area contributed by atoms with Crippen molar-refractivity contribution in [1.29, 1.82) is 0 Å². The van der Waals surface area contributed by atoms with Crippen LogP contribution in [-0.2, 0) is 16.0 Å². The van der Waals surface area contributed by atoms with Crippen molar-refractivity contribution in [3.8, 4) is 0 Å². The highest BCUT2D eigenvalue weighted by Gasteiger charge is 2.20. The summed E-state index contributed by atoms with van der Waals surface area (Å²) in [7, 11) is 0. The van der Waals surface area contributed by atoms with Gasteiger partial charge in [0.25, 0.3) is 5.91 Å². The number of esters is 1. The van der Waals surface area contributed by atoms with Gasteiger partial charge in [0, 0.05) is 17.1 Å². The zero-order chi connectivity index (χ0) is 19.3. The molecule has 0 bridgehead atoms. The number of urea groups is 1. The van der Waals surface area contributed by atoms with E-state index in [9.17, 15) is 14.4 Å². The lowest BCUT2D eigenvalue weighted by atomic mass is 10.0. The van der Waals surface area contributed by atoms with Crippen LogP contribution in [0.3, 0.4) is 0 Å². The minimum absolute atomic E-state index is 0.108. The number of para-hydroxylation sites is 1. The number of hydrogen-bond donors (Lipinski definition) is 2. The van der Waals surface area contributed by atoms with Crippen LogP contribution in [-0.4, -0.2) is 35.5 Å². The second kappa shape index (κ2) is 8.42. The van der Waals surface area contributed by atoms with E-state index in [1.807, 2.05) is 32.0 Å². The molecule has 0 aliphatic rings. The Bertz CT molecular complexity index is 846. The monoisotopic (exact) mass is 357 g/mol. The molecule has 0 spiro atoms. The summed E-state index contributed by atoms with van der Waals surface area (Å²) in [6.07, 6.45) is 0.673. The number of nitrogens with one attached hydrogen (secondary N) is 2. The Balaban J connectivity index is 2.16. The number of carbonyl (C=O) groups is 3. The van der Waals surface area contributed by atoms with Crippen LogP contribution in [0.2, 0.25) is 0 Å². The first kappa shape index (κ1) is 19.4. The maximum Gasteiger partial charge on any atom is 0.339 e. The highest BCUT2D eigenvalue weighted by Crippen LogP contribution is 2.24. The van der Waals surface area contributed by atoms with Gasteiger partial charge in [-0.25, -0.2) is 9.59 Å². The van der Waals surface area contributed by atoms with Gasteiger partial charge in [-0.05, 0) is 38.8 Å². The molecule has 138 valence electrons. The minimum atomic E-state index is -0.691. The van der Waals surface area contributed by atoms with Crippen molar-refractivity contribution in [2.45, 2.75) is 40.2 Å². The van der Waals surface area contributed by atoms with Gasteiger partial charge in [-0.15, -0.1) is 0 Å². The number of pyridine rings is 1. The van der Waals surface area contributed by atoms with Gasteiger partial charge in [0.1, 0.15) is 0 Å². The van der Waals surface area contributed by atoms with Gasteiger partial charge in [0.15, 0.2) is 6.61 Å². The van der Waals surface area contributed by atoms with Crippen LogP contribution in [0.5, 0.6) is 0 Å². The number of carbonyl (C=O) groups excluding carboxylic acids is 3. The Hall–Kier alpha value is -2.96. The van der Waals surface area contributed by atoms with Crippen LogP contribution < -0.4 is 10.6 Å². The standard InChI is InChI=1S/C19H23N3O4/c1-5-14-12(4)17(13-8-6-7-9-15(13)21-14)18(24)26-10-16(23)22-19(25)20-11(2)3/h6-9,11H,5,10H2,1-4H3,(H2,20,22,23,25). The average molecular weight is 357 g/mol. The Morgan fingerprint density at radius 3 is 2.54 bits per heavy atom. The van der Waals surface area contributed by atoms with Gasteiger partial charge < -0.3 is 10.1 Å². The van der Waals surface area contributed by atoms with E-state index < -0.39 is 24.5 Å². The Labute approximate surface area is 152 Å². The first-order valence-electron chi connectivity index (χ1n) is 8.49. The molecule has 26 heavy (non-hydrogen) atoms. The summed E-state index contributed by atoms with van der Waals surface area (Å²) in [6.45, 7) is 6.77. The summed E-state index contributed by atoms with van der Waals surface area (Å²) in [6, 6.07) is 6.55. The van der Waals surface area contributed by atoms with Gasteiger partial charge in [-0.1, -0.05) is 25.1 Å². The number of hydrogen-bond acceptors (Lipinski definition) is 5. The normalized spacial score (nSPS) is 10.7. The number of amides is 3.